The van der Waals surface area contributed by atoms with E-state index in [1.165, 1.54) is 20.3 Å². The predicted octanol–water partition coefficient (Wildman–Crippen LogP) is 1.63. The summed E-state index contributed by atoms with van der Waals surface area (Å²) in [5.41, 5.74) is 0.336. The molecule has 1 atom stereocenters. The van der Waals surface area contributed by atoms with Crippen molar-refractivity contribution in [1.29, 1.82) is 0 Å². The Morgan fingerprint density at radius 2 is 1.75 bits per heavy atom. The molecule has 0 aromatic heterocycles. The summed E-state index contributed by atoms with van der Waals surface area (Å²) in [5.74, 6) is 0.755. The van der Waals surface area contributed by atoms with Gasteiger partial charge in [-0.2, -0.15) is 0 Å². The summed E-state index contributed by atoms with van der Waals surface area (Å²) >= 11 is 0. The number of rotatable bonds is 8. The second-order valence-corrected chi connectivity index (χ2v) is 7.82. The SMILES string of the molecule is COc1ccc(N(CC(=O)N[C@@H](C)C(C)C)S(C)(=O)=O)cc1OC. The van der Waals surface area contributed by atoms with Gasteiger partial charge in [0, 0.05) is 12.1 Å². The molecule has 1 N–H and O–H groups in total. The number of carbonyl (C=O) groups is 1. The first kappa shape index (κ1) is 20.1. The van der Waals surface area contributed by atoms with Crippen molar-refractivity contribution in [1.82, 2.24) is 5.32 Å². The molecule has 0 unspecified atom stereocenters. The smallest absolute Gasteiger partial charge is 0.240 e. The minimum atomic E-state index is -3.64. The third-order valence-electron chi connectivity index (χ3n) is 3.73. The Labute approximate surface area is 144 Å². The van der Waals surface area contributed by atoms with Gasteiger partial charge in [0.2, 0.25) is 15.9 Å². The molecule has 0 radical (unpaired) electrons. The lowest BCUT2D eigenvalue weighted by Crippen LogP contribution is -2.44. The van der Waals surface area contributed by atoms with Crippen LogP contribution < -0.4 is 19.1 Å². The number of ether oxygens (including phenoxy) is 2. The summed E-state index contributed by atoms with van der Waals surface area (Å²) in [6, 6.07) is 4.64. The Hall–Kier alpha value is -1.96. The molecule has 0 aliphatic heterocycles. The zero-order valence-corrected chi connectivity index (χ0v) is 15.8. The first-order valence-electron chi connectivity index (χ1n) is 7.59. The monoisotopic (exact) mass is 358 g/mol. The van der Waals surface area contributed by atoms with Crippen LogP contribution in [0.25, 0.3) is 0 Å². The number of anilines is 1. The summed E-state index contributed by atoms with van der Waals surface area (Å²) < 4.78 is 35.6. The lowest BCUT2D eigenvalue weighted by Gasteiger charge is -2.24. The molecule has 7 nitrogen and oxygen atoms in total. The van der Waals surface area contributed by atoms with Crippen molar-refractivity contribution in [2.24, 2.45) is 5.92 Å². The average Bonchev–Trinajstić information content (AvgIpc) is 2.50. The van der Waals surface area contributed by atoms with Crippen molar-refractivity contribution in [2.45, 2.75) is 26.8 Å². The van der Waals surface area contributed by atoms with Crippen LogP contribution in [0.4, 0.5) is 5.69 Å². The number of carbonyl (C=O) groups excluding carboxylic acids is 1. The Kier molecular flexibility index (Phi) is 6.89. The predicted molar refractivity (Wildman–Crippen MR) is 94.2 cm³/mol. The summed E-state index contributed by atoms with van der Waals surface area (Å²) in [4.78, 5) is 12.2. The van der Waals surface area contributed by atoms with E-state index in [0.717, 1.165) is 10.6 Å². The highest BCUT2D eigenvalue weighted by atomic mass is 32.2. The Balaban J connectivity index is 3.09. The van der Waals surface area contributed by atoms with Crippen LogP contribution in [0, 0.1) is 5.92 Å². The van der Waals surface area contributed by atoms with E-state index in [1.54, 1.807) is 12.1 Å². The Morgan fingerprint density at radius 1 is 1.17 bits per heavy atom. The first-order chi connectivity index (χ1) is 11.1. The van der Waals surface area contributed by atoms with E-state index in [0.29, 0.717) is 17.2 Å². The summed E-state index contributed by atoms with van der Waals surface area (Å²) in [6.45, 7) is 5.54. The van der Waals surface area contributed by atoms with E-state index in [4.69, 9.17) is 9.47 Å². The number of benzene rings is 1. The van der Waals surface area contributed by atoms with Gasteiger partial charge in [-0.3, -0.25) is 9.10 Å². The summed E-state index contributed by atoms with van der Waals surface area (Å²) in [5, 5.41) is 2.80. The maximum absolute atomic E-state index is 12.2. The van der Waals surface area contributed by atoms with Gasteiger partial charge in [0.1, 0.15) is 6.54 Å². The van der Waals surface area contributed by atoms with Gasteiger partial charge in [0.25, 0.3) is 0 Å². The van der Waals surface area contributed by atoms with Crippen molar-refractivity contribution in [3.8, 4) is 11.5 Å². The molecule has 136 valence electrons. The van der Waals surface area contributed by atoms with Crippen LogP contribution in [0.5, 0.6) is 11.5 Å². The number of hydrogen-bond donors (Lipinski definition) is 1. The van der Waals surface area contributed by atoms with Gasteiger partial charge in [0.05, 0.1) is 26.2 Å². The van der Waals surface area contributed by atoms with Gasteiger partial charge in [0.15, 0.2) is 11.5 Å². The van der Waals surface area contributed by atoms with Crippen molar-refractivity contribution in [3.05, 3.63) is 18.2 Å². The fourth-order valence-corrected chi connectivity index (χ4v) is 2.83. The number of nitrogens with one attached hydrogen (secondary N) is 1. The molecule has 1 amide bonds. The molecule has 0 bridgehead atoms. The van der Waals surface area contributed by atoms with E-state index in [-0.39, 0.29) is 24.4 Å². The molecular weight excluding hydrogens is 332 g/mol. The largest absolute Gasteiger partial charge is 0.493 e. The molecule has 0 saturated heterocycles. The van der Waals surface area contributed by atoms with Crippen molar-refractivity contribution < 1.29 is 22.7 Å². The van der Waals surface area contributed by atoms with Crippen LogP contribution in [0.2, 0.25) is 0 Å². The highest BCUT2D eigenvalue weighted by Gasteiger charge is 2.23. The molecule has 0 heterocycles. The second kappa shape index (κ2) is 8.23. The van der Waals surface area contributed by atoms with Crippen LogP contribution in [-0.4, -0.2) is 47.4 Å². The van der Waals surface area contributed by atoms with Crippen LogP contribution in [0.15, 0.2) is 18.2 Å². The van der Waals surface area contributed by atoms with Gasteiger partial charge >= 0.3 is 0 Å². The zero-order valence-electron chi connectivity index (χ0n) is 15.0. The number of sulfonamides is 1. The van der Waals surface area contributed by atoms with Crippen LogP contribution >= 0.6 is 0 Å². The molecule has 1 aromatic rings. The molecule has 0 fully saturated rings. The fourth-order valence-electron chi connectivity index (χ4n) is 1.98. The Bertz CT molecular complexity index is 673. The van der Waals surface area contributed by atoms with Crippen LogP contribution in [0.3, 0.4) is 0 Å². The first-order valence-corrected chi connectivity index (χ1v) is 9.44. The molecule has 0 saturated carbocycles. The lowest BCUT2D eigenvalue weighted by atomic mass is 10.1. The molecule has 1 rings (SSSR count). The second-order valence-electron chi connectivity index (χ2n) is 5.91. The highest BCUT2D eigenvalue weighted by molar-refractivity contribution is 7.92. The number of nitrogens with zero attached hydrogens (tertiary/aromatic N) is 1. The molecule has 0 spiro atoms. The normalized spacial score (nSPS) is 12.6. The number of amides is 1. The molecular formula is C16H26N2O5S. The van der Waals surface area contributed by atoms with Crippen LogP contribution in [0.1, 0.15) is 20.8 Å². The standard InChI is InChI=1S/C16H26N2O5S/c1-11(2)12(3)17-16(19)10-18(24(6,20)21)13-7-8-14(22-4)15(9-13)23-5/h7-9,11-12H,10H2,1-6H3,(H,17,19)/t12-/m0/s1. The van der Waals surface area contributed by atoms with E-state index in [1.807, 2.05) is 20.8 Å². The van der Waals surface area contributed by atoms with Crippen LogP contribution in [-0.2, 0) is 14.8 Å². The van der Waals surface area contributed by atoms with Crippen molar-refractivity contribution >= 4 is 21.6 Å². The quantitative estimate of drug-likeness (QED) is 0.763. The fraction of sp³-hybridized carbons (Fsp3) is 0.562. The molecule has 8 heteroatoms. The minimum absolute atomic E-state index is 0.0516. The lowest BCUT2D eigenvalue weighted by molar-refractivity contribution is -0.120. The highest BCUT2D eigenvalue weighted by Crippen LogP contribution is 2.32. The number of methoxy groups -OCH3 is 2. The van der Waals surface area contributed by atoms with Gasteiger partial charge in [-0.05, 0) is 25.0 Å². The topological polar surface area (TPSA) is 84.9 Å². The third kappa shape index (κ3) is 5.30. The van der Waals surface area contributed by atoms with Gasteiger partial charge in [-0.25, -0.2) is 8.42 Å². The number of hydrogen-bond acceptors (Lipinski definition) is 5. The minimum Gasteiger partial charge on any atom is -0.493 e. The Morgan fingerprint density at radius 3 is 2.21 bits per heavy atom. The molecule has 0 aliphatic carbocycles. The maximum Gasteiger partial charge on any atom is 0.240 e. The van der Waals surface area contributed by atoms with E-state index >= 15 is 0 Å². The van der Waals surface area contributed by atoms with Gasteiger partial charge in [-0.1, -0.05) is 13.8 Å². The average molecular weight is 358 g/mol. The zero-order chi connectivity index (χ0) is 18.5. The molecule has 24 heavy (non-hydrogen) atoms. The molecule has 0 aliphatic rings. The maximum atomic E-state index is 12.2. The van der Waals surface area contributed by atoms with Crippen molar-refractivity contribution in [2.75, 3.05) is 31.3 Å². The summed E-state index contributed by atoms with van der Waals surface area (Å²) in [6.07, 6.45) is 1.06. The molecule has 1 aromatic carbocycles. The van der Waals surface area contributed by atoms with E-state index in [2.05, 4.69) is 5.32 Å². The van der Waals surface area contributed by atoms with E-state index in [9.17, 15) is 13.2 Å². The third-order valence-corrected chi connectivity index (χ3v) is 4.87. The van der Waals surface area contributed by atoms with Gasteiger partial charge < -0.3 is 14.8 Å². The summed E-state index contributed by atoms with van der Waals surface area (Å²) in [7, 11) is -0.683. The van der Waals surface area contributed by atoms with E-state index < -0.39 is 10.0 Å². The van der Waals surface area contributed by atoms with Gasteiger partial charge in [-0.15, -0.1) is 0 Å². The van der Waals surface area contributed by atoms with Crippen molar-refractivity contribution in [3.63, 3.8) is 0 Å².